The second kappa shape index (κ2) is 6.10. The predicted molar refractivity (Wildman–Crippen MR) is 71.1 cm³/mol. The summed E-state index contributed by atoms with van der Waals surface area (Å²) in [4.78, 5) is 0. The minimum atomic E-state index is -0.0246. The smallest absolute Gasteiger partial charge is 0.161 e. The van der Waals surface area contributed by atoms with Gasteiger partial charge in [0.15, 0.2) is 11.5 Å². The fourth-order valence-electron chi connectivity index (χ4n) is 1.68. The normalized spacial score (nSPS) is 10.4. The van der Waals surface area contributed by atoms with Gasteiger partial charge in [-0.1, -0.05) is 6.07 Å². The maximum atomic E-state index is 9.06. The number of aliphatic hydroxyl groups excluding tert-OH is 1. The van der Waals surface area contributed by atoms with Crippen molar-refractivity contribution in [3.63, 3.8) is 0 Å². The lowest BCUT2D eigenvalue weighted by Gasteiger charge is -2.11. The summed E-state index contributed by atoms with van der Waals surface area (Å²) in [6.45, 7) is 1.03. The molecular formula is C13H17N3O3. The van der Waals surface area contributed by atoms with E-state index < -0.39 is 0 Å². The third-order valence-electron chi connectivity index (χ3n) is 2.64. The third kappa shape index (κ3) is 3.38. The van der Waals surface area contributed by atoms with E-state index in [0.717, 1.165) is 5.56 Å². The Morgan fingerprint density at radius 3 is 2.84 bits per heavy atom. The number of nitrogens with two attached hydrogens (primary N) is 1. The predicted octanol–water partition coefficient (Wildman–Crippen LogP) is 1.05. The number of nitrogens with zero attached hydrogens (tertiary/aromatic N) is 2. The molecular weight excluding hydrogens is 246 g/mol. The molecule has 0 radical (unpaired) electrons. The van der Waals surface area contributed by atoms with Gasteiger partial charge in [-0.3, -0.25) is 4.68 Å². The quantitative estimate of drug-likeness (QED) is 0.814. The van der Waals surface area contributed by atoms with Crippen LogP contribution in [-0.4, -0.2) is 28.6 Å². The SMILES string of the molecule is COc1cc(CO)ccc1OCCn1cc(N)cn1. The summed E-state index contributed by atoms with van der Waals surface area (Å²) < 4.78 is 12.6. The van der Waals surface area contributed by atoms with Crippen molar-refractivity contribution < 1.29 is 14.6 Å². The van der Waals surface area contributed by atoms with Gasteiger partial charge in [0, 0.05) is 6.20 Å². The highest BCUT2D eigenvalue weighted by Gasteiger charge is 2.05. The summed E-state index contributed by atoms with van der Waals surface area (Å²) in [5.41, 5.74) is 6.98. The Hall–Kier alpha value is -2.21. The van der Waals surface area contributed by atoms with Crippen LogP contribution in [0.5, 0.6) is 11.5 Å². The number of rotatable bonds is 6. The zero-order valence-electron chi connectivity index (χ0n) is 10.7. The minimum absolute atomic E-state index is 0.0246. The summed E-state index contributed by atoms with van der Waals surface area (Å²) in [6.07, 6.45) is 3.34. The molecule has 0 spiro atoms. The molecule has 19 heavy (non-hydrogen) atoms. The maximum absolute atomic E-state index is 9.06. The Kier molecular flexibility index (Phi) is 4.25. The molecule has 6 heteroatoms. The molecule has 0 fully saturated rings. The van der Waals surface area contributed by atoms with Crippen molar-refractivity contribution in [2.45, 2.75) is 13.2 Å². The molecule has 0 unspecified atom stereocenters. The Labute approximate surface area is 111 Å². The van der Waals surface area contributed by atoms with Crippen LogP contribution in [0.25, 0.3) is 0 Å². The average Bonchev–Trinajstić information content (AvgIpc) is 2.84. The number of hydrogen-bond acceptors (Lipinski definition) is 5. The number of methoxy groups -OCH3 is 1. The van der Waals surface area contributed by atoms with Crippen molar-refractivity contribution in [3.05, 3.63) is 36.2 Å². The first-order valence-electron chi connectivity index (χ1n) is 5.91. The Morgan fingerprint density at radius 1 is 1.37 bits per heavy atom. The van der Waals surface area contributed by atoms with Crippen LogP contribution in [0.2, 0.25) is 0 Å². The van der Waals surface area contributed by atoms with Crippen molar-refractivity contribution in [1.29, 1.82) is 0 Å². The van der Waals surface area contributed by atoms with Gasteiger partial charge in [-0.05, 0) is 17.7 Å². The van der Waals surface area contributed by atoms with Gasteiger partial charge in [-0.15, -0.1) is 0 Å². The van der Waals surface area contributed by atoms with Gasteiger partial charge >= 0.3 is 0 Å². The number of hydrogen-bond donors (Lipinski definition) is 2. The van der Waals surface area contributed by atoms with Crippen molar-refractivity contribution in [3.8, 4) is 11.5 Å². The molecule has 1 aromatic carbocycles. The minimum Gasteiger partial charge on any atom is -0.493 e. The molecule has 0 atom stereocenters. The maximum Gasteiger partial charge on any atom is 0.161 e. The van der Waals surface area contributed by atoms with Crippen molar-refractivity contribution >= 4 is 5.69 Å². The number of aliphatic hydroxyl groups is 1. The van der Waals surface area contributed by atoms with Gasteiger partial charge in [-0.2, -0.15) is 5.10 Å². The van der Waals surface area contributed by atoms with E-state index >= 15 is 0 Å². The molecule has 102 valence electrons. The number of benzene rings is 1. The molecule has 1 aromatic heterocycles. The molecule has 0 amide bonds. The van der Waals surface area contributed by atoms with E-state index in [2.05, 4.69) is 5.10 Å². The molecule has 0 saturated carbocycles. The summed E-state index contributed by atoms with van der Waals surface area (Å²) in [5, 5.41) is 13.1. The number of aromatic nitrogens is 2. The van der Waals surface area contributed by atoms with Gasteiger partial charge in [0.1, 0.15) is 6.61 Å². The first kappa shape index (κ1) is 13.2. The van der Waals surface area contributed by atoms with Crippen LogP contribution in [0.15, 0.2) is 30.6 Å². The van der Waals surface area contributed by atoms with E-state index in [0.29, 0.717) is 30.3 Å². The summed E-state index contributed by atoms with van der Waals surface area (Å²) in [7, 11) is 1.57. The topological polar surface area (TPSA) is 82.5 Å². The van der Waals surface area contributed by atoms with E-state index in [1.54, 1.807) is 42.4 Å². The van der Waals surface area contributed by atoms with Crippen LogP contribution in [0.4, 0.5) is 5.69 Å². The first-order chi connectivity index (χ1) is 9.22. The van der Waals surface area contributed by atoms with E-state index in [1.807, 2.05) is 0 Å². The van der Waals surface area contributed by atoms with Gasteiger partial charge in [0.25, 0.3) is 0 Å². The lowest BCUT2D eigenvalue weighted by molar-refractivity contribution is 0.269. The molecule has 6 nitrogen and oxygen atoms in total. The lowest BCUT2D eigenvalue weighted by Crippen LogP contribution is -2.09. The highest BCUT2D eigenvalue weighted by atomic mass is 16.5. The van der Waals surface area contributed by atoms with E-state index in [4.69, 9.17) is 20.3 Å². The third-order valence-corrected chi connectivity index (χ3v) is 2.64. The van der Waals surface area contributed by atoms with Crippen LogP contribution in [0, 0.1) is 0 Å². The van der Waals surface area contributed by atoms with Gasteiger partial charge in [0.2, 0.25) is 0 Å². The number of nitrogen functional groups attached to an aromatic ring is 1. The fraction of sp³-hybridized carbons (Fsp3) is 0.308. The molecule has 2 aromatic rings. The molecule has 1 heterocycles. The summed E-state index contributed by atoms with van der Waals surface area (Å²) in [5.74, 6) is 1.24. The number of ether oxygens (including phenoxy) is 2. The van der Waals surface area contributed by atoms with Gasteiger partial charge < -0.3 is 20.3 Å². The van der Waals surface area contributed by atoms with E-state index in [1.165, 1.54) is 0 Å². The van der Waals surface area contributed by atoms with Crippen LogP contribution in [-0.2, 0) is 13.2 Å². The zero-order chi connectivity index (χ0) is 13.7. The van der Waals surface area contributed by atoms with Crippen LogP contribution >= 0.6 is 0 Å². The molecule has 0 saturated heterocycles. The van der Waals surface area contributed by atoms with Gasteiger partial charge in [0.05, 0.1) is 32.1 Å². The van der Waals surface area contributed by atoms with Crippen molar-refractivity contribution in [1.82, 2.24) is 9.78 Å². The van der Waals surface area contributed by atoms with Crippen molar-refractivity contribution in [2.75, 3.05) is 19.5 Å². The monoisotopic (exact) mass is 263 g/mol. The average molecular weight is 263 g/mol. The standard InChI is InChI=1S/C13H17N3O3/c1-18-13-6-10(9-17)2-3-12(13)19-5-4-16-8-11(14)7-15-16/h2-3,6-8,17H,4-5,9,14H2,1H3. The Bertz CT molecular complexity index is 540. The molecule has 0 bridgehead atoms. The molecule has 0 aliphatic rings. The summed E-state index contributed by atoms with van der Waals surface area (Å²) in [6, 6.07) is 5.33. The van der Waals surface area contributed by atoms with Crippen LogP contribution in [0.1, 0.15) is 5.56 Å². The van der Waals surface area contributed by atoms with Crippen LogP contribution < -0.4 is 15.2 Å². The fourth-order valence-corrected chi connectivity index (χ4v) is 1.68. The highest BCUT2D eigenvalue weighted by Crippen LogP contribution is 2.28. The Balaban J connectivity index is 1.95. The second-order valence-electron chi connectivity index (χ2n) is 4.03. The summed E-state index contributed by atoms with van der Waals surface area (Å²) >= 11 is 0. The lowest BCUT2D eigenvalue weighted by atomic mass is 10.2. The molecule has 2 rings (SSSR count). The van der Waals surface area contributed by atoms with Crippen molar-refractivity contribution in [2.24, 2.45) is 0 Å². The second-order valence-corrected chi connectivity index (χ2v) is 4.03. The highest BCUT2D eigenvalue weighted by molar-refractivity contribution is 5.42. The van der Waals surface area contributed by atoms with E-state index in [-0.39, 0.29) is 6.61 Å². The van der Waals surface area contributed by atoms with Crippen LogP contribution in [0.3, 0.4) is 0 Å². The largest absolute Gasteiger partial charge is 0.493 e. The molecule has 0 aliphatic heterocycles. The molecule has 0 aliphatic carbocycles. The Morgan fingerprint density at radius 2 is 2.21 bits per heavy atom. The zero-order valence-corrected chi connectivity index (χ0v) is 10.7. The number of anilines is 1. The van der Waals surface area contributed by atoms with E-state index in [9.17, 15) is 0 Å². The molecule has 3 N–H and O–H groups in total. The first-order valence-corrected chi connectivity index (χ1v) is 5.91. The van der Waals surface area contributed by atoms with Gasteiger partial charge in [-0.25, -0.2) is 0 Å².